The first-order chi connectivity index (χ1) is 10.3. The number of aromatic nitrogens is 1. The van der Waals surface area contributed by atoms with E-state index in [4.69, 9.17) is 0 Å². The lowest BCUT2D eigenvalue weighted by molar-refractivity contribution is 0.0601. The average molecular weight is 289 g/mol. The Labute approximate surface area is 127 Å². The van der Waals surface area contributed by atoms with E-state index in [0.29, 0.717) is 11.6 Å². The van der Waals surface area contributed by atoms with Gasteiger partial charge in [-0.1, -0.05) is 20.3 Å². The Bertz CT molecular complexity index is 459. The summed E-state index contributed by atoms with van der Waals surface area (Å²) in [6, 6.07) is 4.14. The van der Waals surface area contributed by atoms with Gasteiger partial charge >= 0.3 is 0 Å². The summed E-state index contributed by atoms with van der Waals surface area (Å²) < 4.78 is 0. The fourth-order valence-corrected chi connectivity index (χ4v) is 3.02. The van der Waals surface area contributed by atoms with E-state index in [1.165, 1.54) is 6.42 Å². The molecule has 0 aliphatic carbocycles. The third-order valence-corrected chi connectivity index (χ3v) is 4.09. The Morgan fingerprint density at radius 3 is 3.00 bits per heavy atom. The summed E-state index contributed by atoms with van der Waals surface area (Å²) in [5.74, 6) is 0.866. The summed E-state index contributed by atoms with van der Waals surface area (Å²) in [4.78, 5) is 19.3. The third kappa shape index (κ3) is 3.96. The molecule has 1 unspecified atom stereocenters. The number of carbonyl (C=O) groups is 1. The van der Waals surface area contributed by atoms with Crippen molar-refractivity contribution in [1.29, 1.82) is 0 Å². The highest BCUT2D eigenvalue weighted by molar-refractivity contribution is 5.99. The van der Waals surface area contributed by atoms with E-state index in [1.54, 1.807) is 6.20 Å². The van der Waals surface area contributed by atoms with Gasteiger partial charge in [0.25, 0.3) is 5.91 Å². The minimum Gasteiger partial charge on any atom is -0.369 e. The molecule has 1 amide bonds. The molecule has 1 saturated heterocycles. The van der Waals surface area contributed by atoms with Gasteiger partial charge in [-0.05, 0) is 44.2 Å². The summed E-state index contributed by atoms with van der Waals surface area (Å²) in [6.07, 6.45) is 8.48. The molecule has 0 bridgehead atoms. The zero-order chi connectivity index (χ0) is 15.1. The molecule has 1 aromatic rings. The summed E-state index contributed by atoms with van der Waals surface area (Å²) in [6.45, 7) is 6.02. The SMILES string of the molecule is CCCNc1ncccc1C(=O)N1CCCCC1CCC. The highest BCUT2D eigenvalue weighted by atomic mass is 16.2. The topological polar surface area (TPSA) is 45.2 Å². The van der Waals surface area contributed by atoms with Crippen LogP contribution in [-0.2, 0) is 0 Å². The summed E-state index contributed by atoms with van der Waals surface area (Å²) >= 11 is 0. The second kappa shape index (κ2) is 8.01. The van der Waals surface area contributed by atoms with Crippen LogP contribution < -0.4 is 5.32 Å². The van der Waals surface area contributed by atoms with Crippen LogP contribution in [0.4, 0.5) is 5.82 Å². The maximum atomic E-state index is 12.9. The molecule has 21 heavy (non-hydrogen) atoms. The Balaban J connectivity index is 2.17. The van der Waals surface area contributed by atoms with Crippen LogP contribution in [-0.4, -0.2) is 34.9 Å². The molecular weight excluding hydrogens is 262 g/mol. The van der Waals surface area contributed by atoms with Crippen LogP contribution in [0.5, 0.6) is 0 Å². The number of hydrogen-bond donors (Lipinski definition) is 1. The van der Waals surface area contributed by atoms with Gasteiger partial charge in [-0.3, -0.25) is 4.79 Å². The molecule has 0 saturated carbocycles. The zero-order valence-electron chi connectivity index (χ0n) is 13.3. The van der Waals surface area contributed by atoms with Crippen LogP contribution >= 0.6 is 0 Å². The van der Waals surface area contributed by atoms with E-state index in [-0.39, 0.29) is 5.91 Å². The van der Waals surface area contributed by atoms with Gasteiger partial charge in [0, 0.05) is 25.3 Å². The number of anilines is 1. The van der Waals surface area contributed by atoms with Crippen molar-refractivity contribution in [3.05, 3.63) is 23.9 Å². The quantitative estimate of drug-likeness (QED) is 0.868. The second-order valence-corrected chi connectivity index (χ2v) is 5.76. The number of amides is 1. The molecule has 1 fully saturated rings. The van der Waals surface area contributed by atoms with Crippen molar-refractivity contribution in [1.82, 2.24) is 9.88 Å². The normalized spacial score (nSPS) is 18.6. The van der Waals surface area contributed by atoms with Gasteiger partial charge in [0.2, 0.25) is 0 Å². The fourth-order valence-electron chi connectivity index (χ4n) is 3.02. The Kier molecular flexibility index (Phi) is 6.03. The monoisotopic (exact) mass is 289 g/mol. The van der Waals surface area contributed by atoms with Crippen molar-refractivity contribution in [2.45, 2.75) is 58.4 Å². The van der Waals surface area contributed by atoms with Crippen LogP contribution in [0.2, 0.25) is 0 Å². The van der Waals surface area contributed by atoms with Gasteiger partial charge in [-0.15, -0.1) is 0 Å². The average Bonchev–Trinajstić information content (AvgIpc) is 2.53. The molecule has 0 spiro atoms. The van der Waals surface area contributed by atoms with Gasteiger partial charge in [0.05, 0.1) is 5.56 Å². The van der Waals surface area contributed by atoms with E-state index in [2.05, 4.69) is 29.0 Å². The fraction of sp³-hybridized carbons (Fsp3) is 0.647. The molecular formula is C17H27N3O. The van der Waals surface area contributed by atoms with E-state index in [0.717, 1.165) is 51.0 Å². The number of nitrogens with one attached hydrogen (secondary N) is 1. The van der Waals surface area contributed by atoms with Crippen LogP contribution in [0.1, 0.15) is 62.7 Å². The Morgan fingerprint density at radius 2 is 2.24 bits per heavy atom. The van der Waals surface area contributed by atoms with Crippen molar-refractivity contribution < 1.29 is 4.79 Å². The van der Waals surface area contributed by atoms with E-state index >= 15 is 0 Å². The lowest BCUT2D eigenvalue weighted by atomic mass is 9.97. The summed E-state index contributed by atoms with van der Waals surface area (Å²) in [7, 11) is 0. The lowest BCUT2D eigenvalue weighted by Gasteiger charge is -2.36. The standard InChI is InChI=1S/C17H27N3O/c1-3-8-14-9-5-6-13-20(14)17(21)15-10-7-12-19-16(15)18-11-4-2/h7,10,12,14H,3-6,8-9,11,13H2,1-2H3,(H,18,19). The first-order valence-corrected chi connectivity index (χ1v) is 8.27. The molecule has 116 valence electrons. The minimum atomic E-state index is 0.139. The van der Waals surface area contributed by atoms with Gasteiger partial charge in [0.1, 0.15) is 5.82 Å². The number of carbonyl (C=O) groups excluding carboxylic acids is 1. The number of rotatable bonds is 6. The second-order valence-electron chi connectivity index (χ2n) is 5.76. The molecule has 1 atom stereocenters. The van der Waals surface area contributed by atoms with Gasteiger partial charge < -0.3 is 10.2 Å². The smallest absolute Gasteiger partial charge is 0.257 e. The summed E-state index contributed by atoms with van der Waals surface area (Å²) in [5.41, 5.74) is 0.717. The number of pyridine rings is 1. The first kappa shape index (κ1) is 15.8. The van der Waals surface area contributed by atoms with Crippen molar-refractivity contribution in [3.8, 4) is 0 Å². The molecule has 4 heteroatoms. The molecule has 1 aliphatic rings. The molecule has 4 nitrogen and oxygen atoms in total. The molecule has 2 heterocycles. The van der Waals surface area contributed by atoms with Crippen LogP contribution in [0, 0.1) is 0 Å². The van der Waals surface area contributed by atoms with Gasteiger partial charge in [-0.25, -0.2) is 4.98 Å². The van der Waals surface area contributed by atoms with Gasteiger partial charge in [0.15, 0.2) is 0 Å². The maximum Gasteiger partial charge on any atom is 0.257 e. The zero-order valence-corrected chi connectivity index (χ0v) is 13.3. The molecule has 2 rings (SSSR count). The van der Waals surface area contributed by atoms with E-state index < -0.39 is 0 Å². The molecule has 0 aromatic carbocycles. The largest absolute Gasteiger partial charge is 0.369 e. The van der Waals surface area contributed by atoms with Crippen LogP contribution in [0.3, 0.4) is 0 Å². The van der Waals surface area contributed by atoms with Crippen LogP contribution in [0.25, 0.3) is 0 Å². The predicted octanol–water partition coefficient (Wildman–Crippen LogP) is 3.70. The molecule has 1 aliphatic heterocycles. The van der Waals surface area contributed by atoms with Crippen LogP contribution in [0.15, 0.2) is 18.3 Å². The predicted molar refractivity (Wildman–Crippen MR) is 86.6 cm³/mol. The lowest BCUT2D eigenvalue weighted by Crippen LogP contribution is -2.43. The van der Waals surface area contributed by atoms with Crippen molar-refractivity contribution in [3.63, 3.8) is 0 Å². The Morgan fingerprint density at radius 1 is 1.38 bits per heavy atom. The van der Waals surface area contributed by atoms with E-state index in [1.807, 2.05) is 12.1 Å². The van der Waals surface area contributed by atoms with E-state index in [9.17, 15) is 4.79 Å². The highest BCUT2D eigenvalue weighted by Gasteiger charge is 2.28. The third-order valence-electron chi connectivity index (χ3n) is 4.09. The summed E-state index contributed by atoms with van der Waals surface area (Å²) in [5, 5.41) is 3.27. The number of likely N-dealkylation sites (tertiary alicyclic amines) is 1. The molecule has 1 aromatic heterocycles. The first-order valence-electron chi connectivity index (χ1n) is 8.27. The Hall–Kier alpha value is -1.58. The van der Waals surface area contributed by atoms with Crippen molar-refractivity contribution in [2.24, 2.45) is 0 Å². The number of hydrogen-bond acceptors (Lipinski definition) is 3. The number of piperidine rings is 1. The van der Waals surface area contributed by atoms with Gasteiger partial charge in [-0.2, -0.15) is 0 Å². The molecule has 1 N–H and O–H groups in total. The highest BCUT2D eigenvalue weighted by Crippen LogP contribution is 2.24. The minimum absolute atomic E-state index is 0.139. The maximum absolute atomic E-state index is 12.9. The molecule has 0 radical (unpaired) electrons. The van der Waals surface area contributed by atoms with Crippen molar-refractivity contribution >= 4 is 11.7 Å². The number of nitrogens with zero attached hydrogens (tertiary/aromatic N) is 2. The van der Waals surface area contributed by atoms with Crippen molar-refractivity contribution in [2.75, 3.05) is 18.4 Å².